The van der Waals surface area contributed by atoms with Gasteiger partial charge in [-0.1, -0.05) is 36.5 Å². The summed E-state index contributed by atoms with van der Waals surface area (Å²) >= 11 is 4.95. The first kappa shape index (κ1) is 14.4. The molecular weight excluding hydrogens is 272 g/mol. The molecule has 2 rings (SSSR count). The van der Waals surface area contributed by atoms with Gasteiger partial charge in [0.25, 0.3) is 0 Å². The molecule has 1 heterocycles. The average Bonchev–Trinajstić information content (AvgIpc) is 2.48. The molecule has 0 fully saturated rings. The minimum atomic E-state index is 0.282. The van der Waals surface area contributed by atoms with Crippen molar-refractivity contribution in [1.29, 1.82) is 0 Å². The Bertz CT molecular complexity index is 561. The van der Waals surface area contributed by atoms with Gasteiger partial charge >= 0.3 is 0 Å². The van der Waals surface area contributed by atoms with Crippen LogP contribution in [0.5, 0.6) is 5.75 Å². The predicted octanol–water partition coefficient (Wildman–Crippen LogP) is 2.31. The van der Waals surface area contributed by atoms with Crippen molar-refractivity contribution in [3.8, 4) is 5.75 Å². The number of hydrogen-bond donors (Lipinski definition) is 1. The number of pyridine rings is 1. The number of para-hydroxylation sites is 1. The molecule has 20 heavy (non-hydrogen) atoms. The molecule has 0 radical (unpaired) electrons. The molecule has 1 aromatic heterocycles. The number of nitrogens with two attached hydrogens (primary N) is 1. The number of aromatic nitrogens is 1. The van der Waals surface area contributed by atoms with Crippen LogP contribution in [0.3, 0.4) is 0 Å². The van der Waals surface area contributed by atoms with E-state index in [-0.39, 0.29) is 4.99 Å². The summed E-state index contributed by atoms with van der Waals surface area (Å²) in [4.78, 5) is 4.43. The summed E-state index contributed by atoms with van der Waals surface area (Å²) in [6, 6.07) is 13.4. The van der Waals surface area contributed by atoms with Gasteiger partial charge in [-0.2, -0.15) is 0 Å². The largest absolute Gasteiger partial charge is 0.491 e. The lowest BCUT2D eigenvalue weighted by molar-refractivity contribution is 0.0887. The summed E-state index contributed by atoms with van der Waals surface area (Å²) in [6.45, 7) is 1.39. The van der Waals surface area contributed by atoms with Crippen molar-refractivity contribution in [1.82, 2.24) is 4.98 Å². The highest BCUT2D eigenvalue weighted by molar-refractivity contribution is 7.80. The molecule has 5 heteroatoms. The molecule has 0 spiro atoms. The minimum Gasteiger partial charge on any atom is -0.491 e. The van der Waals surface area contributed by atoms with E-state index in [4.69, 9.17) is 27.4 Å². The Labute approximate surface area is 123 Å². The zero-order valence-electron chi connectivity index (χ0n) is 11.0. The van der Waals surface area contributed by atoms with Gasteiger partial charge in [0.2, 0.25) is 0 Å². The van der Waals surface area contributed by atoms with Crippen LogP contribution in [-0.2, 0) is 11.3 Å². The van der Waals surface area contributed by atoms with E-state index in [9.17, 15) is 0 Å². The number of benzene rings is 1. The van der Waals surface area contributed by atoms with Gasteiger partial charge in [0.15, 0.2) is 0 Å². The lowest BCUT2D eigenvalue weighted by atomic mass is 10.2. The smallest absolute Gasteiger partial charge is 0.123 e. The molecule has 0 aliphatic carbocycles. The Kier molecular flexibility index (Phi) is 5.46. The first-order valence-corrected chi connectivity index (χ1v) is 6.67. The van der Waals surface area contributed by atoms with E-state index < -0.39 is 0 Å². The van der Waals surface area contributed by atoms with Gasteiger partial charge in [-0.15, -0.1) is 0 Å². The second-order valence-corrected chi connectivity index (χ2v) is 4.53. The summed E-state index contributed by atoms with van der Waals surface area (Å²) in [6.07, 6.45) is 1.66. The molecule has 2 N–H and O–H groups in total. The summed E-state index contributed by atoms with van der Waals surface area (Å²) < 4.78 is 11.1. The maximum absolute atomic E-state index is 5.61. The normalized spacial score (nSPS) is 10.2. The van der Waals surface area contributed by atoms with E-state index in [0.29, 0.717) is 25.5 Å². The first-order chi connectivity index (χ1) is 9.77. The molecule has 0 bridgehead atoms. The van der Waals surface area contributed by atoms with E-state index in [2.05, 4.69) is 4.98 Å². The predicted molar refractivity (Wildman–Crippen MR) is 81.7 cm³/mol. The zero-order chi connectivity index (χ0) is 14.2. The van der Waals surface area contributed by atoms with Crippen LogP contribution in [0.15, 0.2) is 48.7 Å². The third kappa shape index (κ3) is 4.29. The summed E-state index contributed by atoms with van der Waals surface area (Å²) in [5.74, 6) is 0.835. The Balaban J connectivity index is 1.75. The average molecular weight is 288 g/mol. The van der Waals surface area contributed by atoms with Crippen LogP contribution in [0.1, 0.15) is 11.3 Å². The Morgan fingerprint density at radius 2 is 1.90 bits per heavy atom. The van der Waals surface area contributed by atoms with Crippen LogP contribution < -0.4 is 10.5 Å². The quantitative estimate of drug-likeness (QED) is 0.626. The van der Waals surface area contributed by atoms with E-state index in [1.54, 1.807) is 6.20 Å². The molecule has 0 aliphatic rings. The van der Waals surface area contributed by atoms with Crippen LogP contribution in [0, 0.1) is 0 Å². The number of ether oxygens (including phenoxy) is 2. The Morgan fingerprint density at radius 1 is 1.10 bits per heavy atom. The molecule has 0 amide bonds. The fourth-order valence-electron chi connectivity index (χ4n) is 1.69. The third-order valence-electron chi connectivity index (χ3n) is 2.62. The molecule has 104 valence electrons. The van der Waals surface area contributed by atoms with Crippen molar-refractivity contribution in [3.63, 3.8) is 0 Å². The second-order valence-electron chi connectivity index (χ2n) is 4.09. The monoisotopic (exact) mass is 288 g/mol. The standard InChI is InChI=1S/C15H16N2O2S/c16-15(20)14-12(5-4-8-17-14)11-18-9-10-19-13-6-2-1-3-7-13/h1-8H,9-11H2,(H2,16,20). The highest BCUT2D eigenvalue weighted by Gasteiger charge is 2.05. The minimum absolute atomic E-state index is 0.282. The molecule has 2 aromatic rings. The lowest BCUT2D eigenvalue weighted by Crippen LogP contribution is -2.15. The van der Waals surface area contributed by atoms with Crippen molar-refractivity contribution in [3.05, 3.63) is 59.9 Å². The maximum atomic E-state index is 5.61. The summed E-state index contributed by atoms with van der Waals surface area (Å²) in [7, 11) is 0. The van der Waals surface area contributed by atoms with E-state index in [0.717, 1.165) is 11.3 Å². The molecular formula is C15H16N2O2S. The van der Waals surface area contributed by atoms with Gasteiger partial charge in [0.1, 0.15) is 23.0 Å². The summed E-state index contributed by atoms with van der Waals surface area (Å²) in [5.41, 5.74) is 7.12. The first-order valence-electron chi connectivity index (χ1n) is 6.26. The fourth-order valence-corrected chi connectivity index (χ4v) is 1.88. The molecule has 0 saturated carbocycles. The number of nitrogens with zero attached hydrogens (tertiary/aromatic N) is 1. The van der Waals surface area contributed by atoms with Crippen LogP contribution in [0.25, 0.3) is 0 Å². The zero-order valence-corrected chi connectivity index (χ0v) is 11.8. The molecule has 0 aliphatic heterocycles. The Morgan fingerprint density at radius 3 is 2.65 bits per heavy atom. The highest BCUT2D eigenvalue weighted by atomic mass is 32.1. The van der Waals surface area contributed by atoms with Gasteiger partial charge in [-0.05, 0) is 18.2 Å². The number of thiocarbonyl (C=S) groups is 1. The topological polar surface area (TPSA) is 57.4 Å². The highest BCUT2D eigenvalue weighted by Crippen LogP contribution is 2.09. The van der Waals surface area contributed by atoms with Crippen molar-refractivity contribution < 1.29 is 9.47 Å². The van der Waals surface area contributed by atoms with Gasteiger partial charge < -0.3 is 15.2 Å². The third-order valence-corrected chi connectivity index (χ3v) is 2.82. The van der Waals surface area contributed by atoms with Gasteiger partial charge in [-0.25, -0.2) is 0 Å². The van der Waals surface area contributed by atoms with Gasteiger partial charge in [0, 0.05) is 11.8 Å². The summed E-state index contributed by atoms with van der Waals surface area (Å²) in [5, 5.41) is 0. The second kappa shape index (κ2) is 7.57. The van der Waals surface area contributed by atoms with Crippen LogP contribution in [0.2, 0.25) is 0 Å². The Hall–Kier alpha value is -1.98. The maximum Gasteiger partial charge on any atom is 0.123 e. The van der Waals surface area contributed by atoms with E-state index in [1.165, 1.54) is 0 Å². The molecule has 4 nitrogen and oxygen atoms in total. The lowest BCUT2D eigenvalue weighted by Gasteiger charge is -2.09. The van der Waals surface area contributed by atoms with Crippen molar-refractivity contribution in [2.45, 2.75) is 6.61 Å². The molecule has 0 atom stereocenters. The van der Waals surface area contributed by atoms with Gasteiger partial charge in [-0.3, -0.25) is 4.98 Å². The van der Waals surface area contributed by atoms with Crippen LogP contribution in [-0.4, -0.2) is 23.2 Å². The molecule has 0 unspecified atom stereocenters. The number of rotatable bonds is 7. The van der Waals surface area contributed by atoms with Crippen LogP contribution in [0.4, 0.5) is 0 Å². The fraction of sp³-hybridized carbons (Fsp3) is 0.200. The molecule has 0 saturated heterocycles. The van der Waals surface area contributed by atoms with Crippen LogP contribution >= 0.6 is 12.2 Å². The number of hydrogen-bond acceptors (Lipinski definition) is 4. The van der Waals surface area contributed by atoms with Gasteiger partial charge in [0.05, 0.1) is 13.2 Å². The van der Waals surface area contributed by atoms with Crippen molar-refractivity contribution in [2.75, 3.05) is 13.2 Å². The molecule has 1 aromatic carbocycles. The van der Waals surface area contributed by atoms with E-state index >= 15 is 0 Å². The van der Waals surface area contributed by atoms with E-state index in [1.807, 2.05) is 42.5 Å². The SMILES string of the molecule is NC(=S)c1ncccc1COCCOc1ccccc1. The van der Waals surface area contributed by atoms with Crippen molar-refractivity contribution in [2.24, 2.45) is 5.73 Å². The van der Waals surface area contributed by atoms with Crippen molar-refractivity contribution >= 4 is 17.2 Å².